The van der Waals surface area contributed by atoms with Crippen LogP contribution in [0.4, 0.5) is 10.1 Å². The van der Waals surface area contributed by atoms with Gasteiger partial charge in [0.2, 0.25) is 5.91 Å². The maximum atomic E-state index is 13.9. The quantitative estimate of drug-likeness (QED) is 0.675. The molecule has 0 radical (unpaired) electrons. The first-order valence-corrected chi connectivity index (χ1v) is 9.58. The lowest BCUT2D eigenvalue weighted by atomic mass is 10.1. The highest BCUT2D eigenvalue weighted by Gasteiger charge is 2.10. The fraction of sp³-hybridized carbons (Fsp3) is 0.238. The molecule has 1 heterocycles. The van der Waals surface area contributed by atoms with Gasteiger partial charge in [-0.2, -0.15) is 0 Å². The number of halogens is 1. The number of aromatic nitrogens is 1. The van der Waals surface area contributed by atoms with E-state index in [9.17, 15) is 9.18 Å². The van der Waals surface area contributed by atoms with Crippen LogP contribution in [0.15, 0.2) is 42.6 Å². The van der Waals surface area contributed by atoms with E-state index in [2.05, 4.69) is 22.4 Å². The number of nitrogens with zero attached hydrogens (tertiary/aromatic N) is 1. The van der Waals surface area contributed by atoms with Gasteiger partial charge in [-0.05, 0) is 55.7 Å². The summed E-state index contributed by atoms with van der Waals surface area (Å²) < 4.78 is 13.9. The second-order valence-electron chi connectivity index (χ2n) is 6.42. The molecule has 0 fully saturated rings. The molecule has 1 N–H and O–H groups in total. The van der Waals surface area contributed by atoms with Gasteiger partial charge in [0.15, 0.2) is 0 Å². The Morgan fingerprint density at radius 1 is 1.15 bits per heavy atom. The van der Waals surface area contributed by atoms with Gasteiger partial charge in [-0.1, -0.05) is 23.8 Å². The van der Waals surface area contributed by atoms with Gasteiger partial charge in [0.05, 0.1) is 11.3 Å². The van der Waals surface area contributed by atoms with Crippen LogP contribution < -0.4 is 5.32 Å². The Kier molecular flexibility index (Phi) is 5.57. The molecule has 1 aromatic heterocycles. The third kappa shape index (κ3) is 4.05. The number of fused-ring (bicyclic) bond motifs is 1. The van der Waals surface area contributed by atoms with Crippen molar-refractivity contribution in [3.8, 4) is 0 Å². The van der Waals surface area contributed by atoms with Crippen LogP contribution >= 0.6 is 11.8 Å². The predicted molar refractivity (Wildman–Crippen MR) is 107 cm³/mol. The Labute approximate surface area is 157 Å². The van der Waals surface area contributed by atoms with Crippen molar-refractivity contribution in [1.29, 1.82) is 0 Å². The maximum Gasteiger partial charge on any atom is 0.234 e. The van der Waals surface area contributed by atoms with Gasteiger partial charge < -0.3 is 5.32 Å². The van der Waals surface area contributed by atoms with E-state index in [0.717, 1.165) is 22.4 Å². The molecule has 1 amide bonds. The van der Waals surface area contributed by atoms with Crippen molar-refractivity contribution in [2.75, 3.05) is 11.1 Å². The zero-order valence-electron chi connectivity index (χ0n) is 15.1. The van der Waals surface area contributed by atoms with Crippen LogP contribution in [0, 0.1) is 26.6 Å². The highest BCUT2D eigenvalue weighted by atomic mass is 32.2. The number of aryl methyl sites for hydroxylation is 3. The van der Waals surface area contributed by atoms with Crippen LogP contribution in [0.25, 0.3) is 10.9 Å². The van der Waals surface area contributed by atoms with E-state index >= 15 is 0 Å². The number of thioether (sulfide) groups is 1. The lowest BCUT2D eigenvalue weighted by Gasteiger charge is -2.13. The van der Waals surface area contributed by atoms with Gasteiger partial charge in [-0.25, -0.2) is 4.39 Å². The van der Waals surface area contributed by atoms with Crippen molar-refractivity contribution in [2.24, 2.45) is 0 Å². The van der Waals surface area contributed by atoms with Gasteiger partial charge >= 0.3 is 0 Å². The third-order valence-corrected chi connectivity index (χ3v) is 5.21. The molecule has 0 spiro atoms. The number of carbonyl (C=O) groups excluding carboxylic acids is 1. The molecule has 0 atom stereocenters. The minimum atomic E-state index is -0.273. The molecule has 0 aliphatic carbocycles. The smallest absolute Gasteiger partial charge is 0.234 e. The normalized spacial score (nSPS) is 10.9. The minimum absolute atomic E-state index is 0.0376. The number of hydrogen-bond donors (Lipinski definition) is 1. The van der Waals surface area contributed by atoms with Gasteiger partial charge in [-0.3, -0.25) is 9.78 Å². The van der Waals surface area contributed by atoms with Crippen LogP contribution in [-0.4, -0.2) is 16.6 Å². The predicted octanol–water partition coefficient (Wildman–Crippen LogP) is 5.17. The van der Waals surface area contributed by atoms with E-state index in [1.54, 1.807) is 24.4 Å². The molecular formula is C21H21FN2OS. The van der Waals surface area contributed by atoms with Crippen molar-refractivity contribution >= 4 is 34.3 Å². The fourth-order valence-electron chi connectivity index (χ4n) is 3.12. The molecule has 0 unspecified atom stereocenters. The Balaban J connectivity index is 1.64. The lowest BCUT2D eigenvalue weighted by molar-refractivity contribution is -0.113. The van der Waals surface area contributed by atoms with E-state index in [0.29, 0.717) is 22.4 Å². The Morgan fingerprint density at radius 2 is 1.88 bits per heavy atom. The standard InChI is InChI=1S/C21H21FN2OS/c1-13-9-14(2)20(15(3)10-13)24-19(25)12-26-11-16-6-7-18(22)17-5-4-8-23-21(16)17/h4-10H,11-12H2,1-3H3,(H,24,25). The first kappa shape index (κ1) is 18.4. The molecule has 3 nitrogen and oxygen atoms in total. The topological polar surface area (TPSA) is 42.0 Å². The number of anilines is 1. The summed E-state index contributed by atoms with van der Waals surface area (Å²) in [6.45, 7) is 6.04. The van der Waals surface area contributed by atoms with Crippen molar-refractivity contribution in [2.45, 2.75) is 26.5 Å². The first-order valence-electron chi connectivity index (χ1n) is 8.43. The molecular weight excluding hydrogens is 347 g/mol. The van der Waals surface area contributed by atoms with E-state index in [1.165, 1.54) is 23.4 Å². The maximum absolute atomic E-state index is 13.9. The van der Waals surface area contributed by atoms with Gasteiger partial charge in [-0.15, -0.1) is 11.8 Å². The summed E-state index contributed by atoms with van der Waals surface area (Å²) in [5.41, 5.74) is 5.79. The highest BCUT2D eigenvalue weighted by molar-refractivity contribution is 7.99. The Morgan fingerprint density at radius 3 is 2.62 bits per heavy atom. The van der Waals surface area contributed by atoms with Crippen molar-refractivity contribution in [1.82, 2.24) is 4.98 Å². The number of amides is 1. The first-order chi connectivity index (χ1) is 12.5. The van der Waals surface area contributed by atoms with Crippen molar-refractivity contribution in [3.63, 3.8) is 0 Å². The number of nitrogens with one attached hydrogen (secondary N) is 1. The molecule has 0 saturated carbocycles. The Hall–Kier alpha value is -2.40. The molecule has 134 valence electrons. The van der Waals surface area contributed by atoms with E-state index < -0.39 is 0 Å². The zero-order valence-corrected chi connectivity index (χ0v) is 15.9. The summed E-state index contributed by atoms with van der Waals surface area (Å²) in [5, 5.41) is 3.52. The van der Waals surface area contributed by atoms with E-state index in [-0.39, 0.29) is 11.7 Å². The van der Waals surface area contributed by atoms with Crippen LogP contribution in [0.2, 0.25) is 0 Å². The summed E-state index contributed by atoms with van der Waals surface area (Å²) >= 11 is 1.49. The summed E-state index contributed by atoms with van der Waals surface area (Å²) in [4.78, 5) is 16.6. The number of pyridine rings is 1. The molecule has 0 aliphatic rings. The molecule has 0 saturated heterocycles. The van der Waals surface area contributed by atoms with E-state index in [1.807, 2.05) is 20.8 Å². The highest BCUT2D eigenvalue weighted by Crippen LogP contribution is 2.25. The van der Waals surface area contributed by atoms with Gasteiger partial charge in [0, 0.05) is 23.0 Å². The zero-order chi connectivity index (χ0) is 18.7. The van der Waals surface area contributed by atoms with E-state index in [4.69, 9.17) is 0 Å². The monoisotopic (exact) mass is 368 g/mol. The molecule has 0 bridgehead atoms. The van der Waals surface area contributed by atoms with Crippen molar-refractivity contribution in [3.05, 3.63) is 70.7 Å². The van der Waals surface area contributed by atoms with Crippen LogP contribution in [-0.2, 0) is 10.5 Å². The molecule has 3 rings (SSSR count). The average molecular weight is 368 g/mol. The molecule has 3 aromatic rings. The van der Waals surface area contributed by atoms with Crippen LogP contribution in [0.5, 0.6) is 0 Å². The summed E-state index contributed by atoms with van der Waals surface area (Å²) in [7, 11) is 0. The largest absolute Gasteiger partial charge is 0.325 e. The Bertz CT molecular complexity index is 948. The molecule has 2 aromatic carbocycles. The van der Waals surface area contributed by atoms with Crippen LogP contribution in [0.1, 0.15) is 22.3 Å². The minimum Gasteiger partial charge on any atom is -0.325 e. The lowest BCUT2D eigenvalue weighted by Crippen LogP contribution is -2.16. The van der Waals surface area contributed by atoms with Crippen molar-refractivity contribution < 1.29 is 9.18 Å². The van der Waals surface area contributed by atoms with Crippen LogP contribution in [0.3, 0.4) is 0 Å². The molecule has 0 aliphatic heterocycles. The average Bonchev–Trinajstić information content (AvgIpc) is 2.60. The fourth-order valence-corrected chi connectivity index (χ4v) is 3.93. The molecule has 26 heavy (non-hydrogen) atoms. The second-order valence-corrected chi connectivity index (χ2v) is 7.41. The van der Waals surface area contributed by atoms with Gasteiger partial charge in [0.25, 0.3) is 0 Å². The number of benzene rings is 2. The number of rotatable bonds is 5. The summed E-state index contributed by atoms with van der Waals surface area (Å²) in [6, 6.07) is 10.8. The van der Waals surface area contributed by atoms with Gasteiger partial charge in [0.1, 0.15) is 5.82 Å². The number of carbonyl (C=O) groups is 1. The number of hydrogen-bond acceptors (Lipinski definition) is 3. The second kappa shape index (κ2) is 7.87. The molecule has 5 heteroatoms. The SMILES string of the molecule is Cc1cc(C)c(NC(=O)CSCc2ccc(F)c3cccnc23)c(C)c1. The summed E-state index contributed by atoms with van der Waals surface area (Å²) in [5.74, 6) is 0.625. The summed E-state index contributed by atoms with van der Waals surface area (Å²) in [6.07, 6.45) is 1.66. The third-order valence-electron chi connectivity index (χ3n) is 4.23.